The summed E-state index contributed by atoms with van der Waals surface area (Å²) in [5.74, 6) is -5.07. The van der Waals surface area contributed by atoms with Crippen molar-refractivity contribution in [3.05, 3.63) is 88.9 Å². The number of alkyl halides is 2. The zero-order valence-electron chi connectivity index (χ0n) is 43.1. The highest BCUT2D eigenvalue weighted by molar-refractivity contribution is 7.51. The molecule has 6 rings (SSSR count). The molecule has 0 bridgehead atoms. The highest BCUT2D eigenvalue weighted by Crippen LogP contribution is 2.37. The Morgan fingerprint density at radius 3 is 2.01 bits per heavy atom. The number of aryl methyl sites for hydroxylation is 1. The van der Waals surface area contributed by atoms with Gasteiger partial charge < -0.3 is 77.0 Å². The van der Waals surface area contributed by atoms with Crippen LogP contribution in [0.2, 0.25) is 0 Å². The summed E-state index contributed by atoms with van der Waals surface area (Å²) >= 11 is 0. The molecule has 0 spiro atoms. The average molecular weight is 1150 g/mol. The lowest BCUT2D eigenvalue weighted by molar-refractivity contribution is -0.136. The molecule has 0 amide bonds. The zero-order chi connectivity index (χ0) is 56.6. The smallest absolute Gasteiger partial charge is 0.350 e. The number of aliphatic hydroxyl groups is 2. The Balaban J connectivity index is 0.788. The number of nitrogens with zero attached hydrogens (tertiary/aromatic N) is 8. The molecule has 4 atom stereocenters. The van der Waals surface area contributed by atoms with Crippen molar-refractivity contribution in [2.24, 2.45) is 0 Å². The Hall–Kier alpha value is -5.28. The van der Waals surface area contributed by atoms with Crippen molar-refractivity contribution < 1.29 is 103 Å². The predicted octanol–water partition coefficient (Wildman–Crippen LogP) is 3.19. The van der Waals surface area contributed by atoms with Crippen LogP contribution in [0, 0.1) is 24.4 Å². The number of hydrogen-bond acceptors (Lipinski definition) is 21. The third-order valence-corrected chi connectivity index (χ3v) is 11.8. The van der Waals surface area contributed by atoms with Crippen LogP contribution in [0.3, 0.4) is 0 Å². The molecule has 1 aliphatic rings. The first-order valence-electron chi connectivity index (χ1n) is 24.9. The number of hydrogen-bond donors (Lipinski definition) is 4. The Kier molecular flexibility index (Phi) is 26.2. The van der Waals surface area contributed by atoms with E-state index in [9.17, 15) is 41.5 Å². The van der Waals surface area contributed by atoms with Crippen LogP contribution in [-0.4, -0.2) is 198 Å². The van der Waals surface area contributed by atoms with Crippen LogP contribution in [0.1, 0.15) is 41.7 Å². The molecule has 3 aromatic heterocycles. The SMILES string of the molecule is Cc1nc(N(CCOCCOCCOCCOCc2cn(CCOCCOCCOCCOCCC(=O)Oc3c(F)cc(F)cc3F)nn2)Cc2ccccc2C(F)F)c2cnn([C@@H]3O[C@H](COCP(=O)(O)O)[C@@H](O)[C@H]3O)c2n1. The van der Waals surface area contributed by atoms with Gasteiger partial charge in [-0.25, -0.2) is 41.3 Å². The van der Waals surface area contributed by atoms with E-state index < -0.39 is 80.7 Å². The minimum atomic E-state index is -4.50. The number of fused-ring (bicyclic) bond motifs is 1. The van der Waals surface area contributed by atoms with Crippen molar-refractivity contribution in [2.75, 3.05) is 124 Å². The first-order chi connectivity index (χ1) is 38.1. The number of anilines is 1. The number of benzene rings is 2. The summed E-state index contributed by atoms with van der Waals surface area (Å²) in [5, 5.41) is 34.5. The molecule has 1 fully saturated rings. The van der Waals surface area contributed by atoms with E-state index in [1.54, 1.807) is 34.8 Å². The lowest BCUT2D eigenvalue weighted by atomic mass is 10.1. The van der Waals surface area contributed by atoms with Gasteiger partial charge in [-0.1, -0.05) is 29.5 Å². The summed E-state index contributed by atoms with van der Waals surface area (Å²) in [6.07, 6.45) is -6.20. The normalized spacial score (nSPS) is 16.7. The maximum Gasteiger partial charge on any atom is 0.350 e. The number of aromatic nitrogens is 7. The molecular weight excluding hydrogens is 1090 g/mol. The van der Waals surface area contributed by atoms with Gasteiger partial charge in [-0.15, -0.1) is 5.10 Å². The molecule has 1 aliphatic heterocycles. The molecule has 438 valence electrons. The molecule has 1 saturated heterocycles. The first kappa shape index (κ1) is 62.9. The molecule has 79 heavy (non-hydrogen) atoms. The molecular formula is C48H64F5N8O17P. The average Bonchev–Trinajstić information content (AvgIpc) is 4.12. The van der Waals surface area contributed by atoms with Gasteiger partial charge in [0.2, 0.25) is 5.75 Å². The van der Waals surface area contributed by atoms with Gasteiger partial charge in [-0.3, -0.25) is 9.36 Å². The van der Waals surface area contributed by atoms with Crippen LogP contribution in [0.15, 0.2) is 48.8 Å². The number of ether oxygens (including phenoxy) is 11. The molecule has 4 heterocycles. The van der Waals surface area contributed by atoms with Gasteiger partial charge in [0.1, 0.15) is 47.8 Å². The standard InChI is InChI=1S/C48H64F5N8O17P/c1-32-55-46(37-26-54-61(47(37)56-32)48-43(64)42(63)40(77-48)30-76-31-79(65,66)67)59(27-33-4-2-3-5-36(33)45(52)53)7-10-69-13-16-72-20-21-74-22-23-75-29-35-28-60(58-57-35)8-11-70-14-17-73-19-18-71-15-12-68-9-6-41(62)78-44-38(50)24-34(49)25-39(44)51/h2-5,24-26,28,40,42-43,45,48,63-64H,6-23,27,29-31H2,1H3,(H2,65,66,67)/t40-,42-,43-,48-/m1/s1. The molecule has 0 radical (unpaired) electrons. The summed E-state index contributed by atoms with van der Waals surface area (Å²) in [7, 11) is -4.50. The minimum absolute atomic E-state index is 0.00561. The first-order valence-corrected chi connectivity index (χ1v) is 26.7. The number of aliphatic hydroxyl groups excluding tert-OH is 2. The number of esters is 1. The van der Waals surface area contributed by atoms with E-state index >= 15 is 0 Å². The lowest BCUT2D eigenvalue weighted by Crippen LogP contribution is -2.34. The van der Waals surface area contributed by atoms with E-state index in [1.165, 1.54) is 23.0 Å². The van der Waals surface area contributed by atoms with E-state index in [0.29, 0.717) is 101 Å². The van der Waals surface area contributed by atoms with Crippen LogP contribution < -0.4 is 9.64 Å². The summed E-state index contributed by atoms with van der Waals surface area (Å²) < 4.78 is 142. The van der Waals surface area contributed by atoms with Crippen molar-refractivity contribution >= 4 is 30.4 Å². The highest BCUT2D eigenvalue weighted by atomic mass is 31.2. The van der Waals surface area contributed by atoms with E-state index in [-0.39, 0.29) is 82.8 Å². The second kappa shape index (κ2) is 32.8. The molecule has 4 N–H and O–H groups in total. The van der Waals surface area contributed by atoms with Gasteiger partial charge in [0, 0.05) is 30.8 Å². The maximum absolute atomic E-state index is 14.1. The fraction of sp³-hybridized carbons (Fsp3) is 0.583. The van der Waals surface area contributed by atoms with Crippen molar-refractivity contribution in [2.45, 2.75) is 64.0 Å². The van der Waals surface area contributed by atoms with Gasteiger partial charge in [0.25, 0.3) is 6.43 Å². The lowest BCUT2D eigenvalue weighted by Gasteiger charge is -2.26. The zero-order valence-corrected chi connectivity index (χ0v) is 44.0. The monoisotopic (exact) mass is 1150 g/mol. The quantitative estimate of drug-likeness (QED) is 0.0144. The number of rotatable bonds is 39. The van der Waals surface area contributed by atoms with Crippen LogP contribution in [-0.2, 0) is 76.4 Å². The Labute approximate surface area is 449 Å². The molecule has 5 aromatic rings. The number of halogens is 5. The molecule has 31 heteroatoms. The third-order valence-electron chi connectivity index (χ3n) is 11.3. The third kappa shape index (κ3) is 21.0. The number of carbonyl (C=O) groups is 1. The fourth-order valence-electron chi connectivity index (χ4n) is 7.55. The van der Waals surface area contributed by atoms with E-state index in [2.05, 4.69) is 30.1 Å². The minimum Gasteiger partial charge on any atom is -0.420 e. The Morgan fingerprint density at radius 2 is 1.38 bits per heavy atom. The Morgan fingerprint density at radius 1 is 0.785 bits per heavy atom. The maximum atomic E-state index is 14.1. The number of carbonyl (C=O) groups excluding carboxylic acids is 1. The fourth-order valence-corrected chi connectivity index (χ4v) is 7.89. The van der Waals surface area contributed by atoms with Crippen LogP contribution in [0.4, 0.5) is 27.8 Å². The largest absolute Gasteiger partial charge is 0.420 e. The van der Waals surface area contributed by atoms with Crippen LogP contribution in [0.5, 0.6) is 5.75 Å². The molecule has 0 unspecified atom stereocenters. The second-order valence-corrected chi connectivity index (χ2v) is 18.9. The van der Waals surface area contributed by atoms with E-state index in [0.717, 1.165) is 0 Å². The van der Waals surface area contributed by atoms with Crippen molar-refractivity contribution in [3.8, 4) is 5.75 Å². The van der Waals surface area contributed by atoms with Gasteiger partial charge in [-0.05, 0) is 12.5 Å². The molecule has 0 aliphatic carbocycles. The summed E-state index contributed by atoms with van der Waals surface area (Å²) in [6.45, 7) is 5.89. The summed E-state index contributed by atoms with van der Waals surface area (Å²) in [6, 6.07) is 6.96. The second-order valence-electron chi connectivity index (χ2n) is 17.3. The Bertz CT molecular complexity index is 2650. The van der Waals surface area contributed by atoms with Gasteiger partial charge >= 0.3 is 13.6 Å². The molecule has 25 nitrogen and oxygen atoms in total. The van der Waals surface area contributed by atoms with Crippen LogP contribution in [0.25, 0.3) is 11.0 Å². The predicted molar refractivity (Wildman–Crippen MR) is 263 cm³/mol. The molecule has 2 aromatic carbocycles. The van der Waals surface area contributed by atoms with Crippen molar-refractivity contribution in [1.29, 1.82) is 0 Å². The summed E-state index contributed by atoms with van der Waals surface area (Å²) in [4.78, 5) is 40.9. The summed E-state index contributed by atoms with van der Waals surface area (Å²) in [5.41, 5.74) is 1.03. The van der Waals surface area contributed by atoms with Gasteiger partial charge in [-0.2, -0.15) is 5.10 Å². The molecule has 0 saturated carbocycles. The van der Waals surface area contributed by atoms with Gasteiger partial charge in [0.05, 0.1) is 143 Å². The van der Waals surface area contributed by atoms with Crippen LogP contribution >= 0.6 is 7.60 Å². The van der Waals surface area contributed by atoms with E-state index in [1.807, 2.05) is 0 Å². The van der Waals surface area contributed by atoms with Crippen molar-refractivity contribution in [3.63, 3.8) is 0 Å². The van der Waals surface area contributed by atoms with Crippen molar-refractivity contribution in [1.82, 2.24) is 34.7 Å². The van der Waals surface area contributed by atoms with Gasteiger partial charge in [0.15, 0.2) is 23.5 Å². The topological polar surface area (TPSA) is 294 Å². The highest BCUT2D eigenvalue weighted by Gasteiger charge is 2.45. The van der Waals surface area contributed by atoms with E-state index in [4.69, 9.17) is 57.2 Å².